The van der Waals surface area contributed by atoms with E-state index in [1.807, 2.05) is 13.0 Å². The SMILES string of the molecule is CCCCC1CCC(C(=O)Nc2cc(C(N)=O)ccc2C)CC1. The van der Waals surface area contributed by atoms with Gasteiger partial charge in [-0.05, 0) is 56.2 Å². The summed E-state index contributed by atoms with van der Waals surface area (Å²) >= 11 is 0. The molecule has 4 nitrogen and oxygen atoms in total. The Morgan fingerprint density at radius 3 is 2.52 bits per heavy atom. The third kappa shape index (κ3) is 4.81. The molecule has 0 spiro atoms. The largest absolute Gasteiger partial charge is 0.366 e. The first-order chi connectivity index (χ1) is 11.0. The first-order valence-electron chi connectivity index (χ1n) is 8.72. The molecule has 23 heavy (non-hydrogen) atoms. The van der Waals surface area contributed by atoms with Crippen LogP contribution in [0.5, 0.6) is 0 Å². The quantitative estimate of drug-likeness (QED) is 0.831. The van der Waals surface area contributed by atoms with Crippen LogP contribution >= 0.6 is 0 Å². The van der Waals surface area contributed by atoms with E-state index in [0.29, 0.717) is 11.3 Å². The molecule has 2 amide bonds. The average molecular weight is 316 g/mol. The van der Waals surface area contributed by atoms with Crippen molar-refractivity contribution in [2.45, 2.75) is 58.8 Å². The van der Waals surface area contributed by atoms with Gasteiger partial charge in [-0.3, -0.25) is 9.59 Å². The van der Waals surface area contributed by atoms with Crippen molar-refractivity contribution in [1.82, 2.24) is 0 Å². The topological polar surface area (TPSA) is 72.2 Å². The number of carbonyl (C=O) groups is 2. The number of benzene rings is 1. The molecule has 0 bridgehead atoms. The maximum Gasteiger partial charge on any atom is 0.248 e. The molecule has 0 aliphatic heterocycles. The normalized spacial score (nSPS) is 21.0. The fraction of sp³-hybridized carbons (Fsp3) is 0.579. The van der Waals surface area contributed by atoms with Crippen LogP contribution in [-0.4, -0.2) is 11.8 Å². The van der Waals surface area contributed by atoms with Gasteiger partial charge in [-0.2, -0.15) is 0 Å². The van der Waals surface area contributed by atoms with E-state index in [-0.39, 0.29) is 11.8 Å². The Bertz CT molecular complexity index is 560. The van der Waals surface area contributed by atoms with Gasteiger partial charge < -0.3 is 11.1 Å². The lowest BCUT2D eigenvalue weighted by atomic mass is 9.79. The van der Waals surface area contributed by atoms with Crippen LogP contribution in [0.1, 0.15) is 67.8 Å². The van der Waals surface area contributed by atoms with Crippen LogP contribution in [0, 0.1) is 18.8 Å². The average Bonchev–Trinajstić information content (AvgIpc) is 2.55. The fourth-order valence-corrected chi connectivity index (χ4v) is 3.35. The number of amides is 2. The molecular weight excluding hydrogens is 288 g/mol. The van der Waals surface area contributed by atoms with E-state index in [2.05, 4.69) is 12.2 Å². The molecular formula is C19H28N2O2. The Kier molecular flexibility index (Phi) is 6.20. The molecule has 0 radical (unpaired) electrons. The van der Waals surface area contributed by atoms with Crippen molar-refractivity contribution >= 4 is 17.5 Å². The molecule has 3 N–H and O–H groups in total. The van der Waals surface area contributed by atoms with E-state index in [1.54, 1.807) is 12.1 Å². The van der Waals surface area contributed by atoms with Crippen molar-refractivity contribution in [1.29, 1.82) is 0 Å². The monoisotopic (exact) mass is 316 g/mol. The Balaban J connectivity index is 1.93. The standard InChI is InChI=1S/C19H28N2O2/c1-3-4-5-14-7-10-15(11-8-14)19(23)21-17-12-16(18(20)22)9-6-13(17)2/h6,9,12,14-15H,3-5,7-8,10-11H2,1-2H3,(H2,20,22)(H,21,23). The predicted molar refractivity (Wildman–Crippen MR) is 93.3 cm³/mol. The molecule has 4 heteroatoms. The lowest BCUT2D eigenvalue weighted by Gasteiger charge is -2.28. The van der Waals surface area contributed by atoms with Crippen LogP contribution in [0.25, 0.3) is 0 Å². The number of rotatable bonds is 6. The van der Waals surface area contributed by atoms with Gasteiger partial charge in [0, 0.05) is 17.2 Å². The fourth-order valence-electron chi connectivity index (χ4n) is 3.35. The van der Waals surface area contributed by atoms with Gasteiger partial charge in [0.2, 0.25) is 11.8 Å². The van der Waals surface area contributed by atoms with Crippen molar-refractivity contribution in [3.05, 3.63) is 29.3 Å². The zero-order valence-corrected chi connectivity index (χ0v) is 14.2. The summed E-state index contributed by atoms with van der Waals surface area (Å²) in [6.45, 7) is 4.14. The molecule has 0 aromatic heterocycles. The first-order valence-corrected chi connectivity index (χ1v) is 8.72. The second-order valence-electron chi connectivity index (χ2n) is 6.74. The summed E-state index contributed by atoms with van der Waals surface area (Å²) in [5, 5.41) is 2.99. The second kappa shape index (κ2) is 8.14. The van der Waals surface area contributed by atoms with Gasteiger partial charge in [-0.1, -0.05) is 32.3 Å². The highest BCUT2D eigenvalue weighted by molar-refractivity contribution is 5.97. The van der Waals surface area contributed by atoms with Crippen molar-refractivity contribution < 1.29 is 9.59 Å². The minimum Gasteiger partial charge on any atom is -0.366 e. The summed E-state index contributed by atoms with van der Waals surface area (Å²) in [4.78, 5) is 23.8. The molecule has 0 heterocycles. The third-order valence-electron chi connectivity index (χ3n) is 4.96. The van der Waals surface area contributed by atoms with E-state index >= 15 is 0 Å². The maximum absolute atomic E-state index is 12.5. The Hall–Kier alpha value is -1.84. The highest BCUT2D eigenvalue weighted by Crippen LogP contribution is 2.32. The predicted octanol–water partition coefficient (Wildman–Crippen LogP) is 4.03. The molecule has 126 valence electrons. The Morgan fingerprint density at radius 2 is 1.91 bits per heavy atom. The van der Waals surface area contributed by atoms with Crippen molar-refractivity contribution in [3.63, 3.8) is 0 Å². The highest BCUT2D eigenvalue weighted by Gasteiger charge is 2.26. The zero-order chi connectivity index (χ0) is 16.8. The summed E-state index contributed by atoms with van der Waals surface area (Å²) in [5.41, 5.74) is 7.37. The van der Waals surface area contributed by atoms with E-state index in [0.717, 1.165) is 37.2 Å². The molecule has 0 unspecified atom stereocenters. The summed E-state index contributed by atoms with van der Waals surface area (Å²) in [7, 11) is 0. The molecule has 1 aliphatic carbocycles. The summed E-state index contributed by atoms with van der Waals surface area (Å²) in [6.07, 6.45) is 8.07. The van der Waals surface area contributed by atoms with E-state index in [4.69, 9.17) is 5.73 Å². The van der Waals surface area contributed by atoms with Crippen LogP contribution in [0.15, 0.2) is 18.2 Å². The number of aryl methyl sites for hydroxylation is 1. The lowest BCUT2D eigenvalue weighted by molar-refractivity contribution is -0.121. The molecule has 1 aromatic rings. The van der Waals surface area contributed by atoms with Gasteiger partial charge in [0.15, 0.2) is 0 Å². The number of hydrogen-bond acceptors (Lipinski definition) is 2. The van der Waals surface area contributed by atoms with Crippen LogP contribution in [0.3, 0.4) is 0 Å². The Morgan fingerprint density at radius 1 is 1.22 bits per heavy atom. The minimum atomic E-state index is -0.475. The van der Waals surface area contributed by atoms with Crippen molar-refractivity contribution in [2.75, 3.05) is 5.32 Å². The number of hydrogen-bond donors (Lipinski definition) is 2. The van der Waals surface area contributed by atoms with E-state index < -0.39 is 5.91 Å². The van der Waals surface area contributed by atoms with Gasteiger partial charge in [0.25, 0.3) is 0 Å². The van der Waals surface area contributed by atoms with Gasteiger partial charge in [-0.25, -0.2) is 0 Å². The first kappa shape index (κ1) is 17.5. The number of primary amides is 1. The molecule has 0 saturated heterocycles. The molecule has 1 fully saturated rings. The van der Waals surface area contributed by atoms with Gasteiger partial charge in [-0.15, -0.1) is 0 Å². The lowest BCUT2D eigenvalue weighted by Crippen LogP contribution is -2.27. The van der Waals surface area contributed by atoms with Crippen LogP contribution in [0.2, 0.25) is 0 Å². The summed E-state index contributed by atoms with van der Waals surface area (Å²) in [5.74, 6) is 0.476. The number of nitrogens with two attached hydrogens (primary N) is 1. The smallest absolute Gasteiger partial charge is 0.248 e. The van der Waals surface area contributed by atoms with Crippen LogP contribution in [-0.2, 0) is 4.79 Å². The minimum absolute atomic E-state index is 0.0728. The highest BCUT2D eigenvalue weighted by atomic mass is 16.2. The number of carbonyl (C=O) groups excluding carboxylic acids is 2. The van der Waals surface area contributed by atoms with E-state index in [1.165, 1.54) is 19.3 Å². The third-order valence-corrected chi connectivity index (χ3v) is 4.96. The number of anilines is 1. The summed E-state index contributed by atoms with van der Waals surface area (Å²) in [6, 6.07) is 5.17. The number of unbranched alkanes of at least 4 members (excludes halogenated alkanes) is 1. The van der Waals surface area contributed by atoms with Crippen LogP contribution in [0.4, 0.5) is 5.69 Å². The Labute approximate surface area is 138 Å². The number of nitrogens with one attached hydrogen (secondary N) is 1. The summed E-state index contributed by atoms with van der Waals surface area (Å²) < 4.78 is 0. The molecule has 0 atom stereocenters. The van der Waals surface area contributed by atoms with E-state index in [9.17, 15) is 9.59 Å². The second-order valence-corrected chi connectivity index (χ2v) is 6.74. The van der Waals surface area contributed by atoms with Crippen molar-refractivity contribution in [2.24, 2.45) is 17.6 Å². The van der Waals surface area contributed by atoms with Gasteiger partial charge in [0.05, 0.1) is 0 Å². The maximum atomic E-state index is 12.5. The van der Waals surface area contributed by atoms with Gasteiger partial charge >= 0.3 is 0 Å². The molecule has 1 saturated carbocycles. The van der Waals surface area contributed by atoms with Gasteiger partial charge in [0.1, 0.15) is 0 Å². The van der Waals surface area contributed by atoms with Crippen LogP contribution < -0.4 is 11.1 Å². The zero-order valence-electron chi connectivity index (χ0n) is 14.2. The molecule has 1 aliphatic rings. The van der Waals surface area contributed by atoms with Crippen molar-refractivity contribution in [3.8, 4) is 0 Å². The molecule has 2 rings (SSSR count). The molecule has 1 aromatic carbocycles.